The topological polar surface area (TPSA) is 102 Å². The molecule has 0 aromatic rings. The minimum absolute atomic E-state index is 0.0900. The molecule has 0 amide bonds. The van der Waals surface area contributed by atoms with Crippen LogP contribution in [0.5, 0.6) is 0 Å². The Bertz CT molecular complexity index is 427. The van der Waals surface area contributed by atoms with Gasteiger partial charge in [-0.15, -0.1) is 0 Å². The van der Waals surface area contributed by atoms with E-state index < -0.39 is 28.7 Å². The summed E-state index contributed by atoms with van der Waals surface area (Å²) >= 11 is 0. The number of rotatable bonds is 15. The maximum atomic E-state index is 10.6. The largest absolute Gasteiger partial charge is 0.397 e. The van der Waals surface area contributed by atoms with Gasteiger partial charge >= 0.3 is 10.4 Å². The van der Waals surface area contributed by atoms with Crippen molar-refractivity contribution < 1.29 is 31.7 Å². The lowest BCUT2D eigenvalue weighted by atomic mass is 10.1. The molecule has 1 rings (SSSR count). The molecule has 3 atom stereocenters. The monoisotopic (exact) mass is 382 g/mol. The molecule has 25 heavy (non-hydrogen) atoms. The molecule has 1 heterocycles. The first-order chi connectivity index (χ1) is 11.9. The van der Waals surface area contributed by atoms with Crippen molar-refractivity contribution in [1.29, 1.82) is 0 Å². The second-order valence-electron chi connectivity index (χ2n) is 6.68. The summed E-state index contributed by atoms with van der Waals surface area (Å²) in [5, 5.41) is 9.88. The highest BCUT2D eigenvalue weighted by molar-refractivity contribution is 7.80. The standard InChI is InChI=1S/C17H34O7S/c1-2-3-4-5-6-7-8-9-10-11-12-22-13-15-17(18)16(14-23-15)24-25(19,20)21/h15-18H,2-14H2,1H3,(H,19,20,21). The lowest BCUT2D eigenvalue weighted by Crippen LogP contribution is -2.36. The number of ether oxygens (including phenoxy) is 2. The van der Waals surface area contributed by atoms with E-state index in [1.54, 1.807) is 0 Å². The van der Waals surface area contributed by atoms with E-state index in [-0.39, 0.29) is 13.2 Å². The molecular weight excluding hydrogens is 348 g/mol. The molecule has 8 heteroatoms. The fourth-order valence-corrected chi connectivity index (χ4v) is 3.42. The van der Waals surface area contributed by atoms with Crippen molar-refractivity contribution in [3.63, 3.8) is 0 Å². The van der Waals surface area contributed by atoms with Crippen LogP contribution < -0.4 is 0 Å². The average molecular weight is 383 g/mol. The number of hydrogen-bond donors (Lipinski definition) is 2. The maximum absolute atomic E-state index is 10.6. The third kappa shape index (κ3) is 11.1. The van der Waals surface area contributed by atoms with Gasteiger partial charge in [-0.05, 0) is 6.42 Å². The molecular formula is C17H34O7S. The summed E-state index contributed by atoms with van der Waals surface area (Å²) in [6, 6.07) is 0. The van der Waals surface area contributed by atoms with Crippen LogP contribution in [0.3, 0.4) is 0 Å². The normalized spacial score (nSPS) is 24.0. The molecule has 0 bridgehead atoms. The second kappa shape index (κ2) is 13.0. The van der Waals surface area contributed by atoms with Gasteiger partial charge in [0.05, 0.1) is 13.2 Å². The Balaban J connectivity index is 1.93. The van der Waals surface area contributed by atoms with E-state index in [0.29, 0.717) is 6.61 Å². The number of hydrogen-bond acceptors (Lipinski definition) is 6. The highest BCUT2D eigenvalue weighted by Crippen LogP contribution is 2.19. The minimum atomic E-state index is -4.59. The predicted molar refractivity (Wildman–Crippen MR) is 94.8 cm³/mol. The van der Waals surface area contributed by atoms with Gasteiger partial charge in [0, 0.05) is 6.61 Å². The quantitative estimate of drug-likeness (QED) is 0.332. The highest BCUT2D eigenvalue weighted by atomic mass is 32.3. The first-order valence-electron chi connectivity index (χ1n) is 9.47. The molecule has 1 fully saturated rings. The molecule has 0 aromatic heterocycles. The van der Waals surface area contributed by atoms with Gasteiger partial charge in [0.25, 0.3) is 0 Å². The lowest BCUT2D eigenvalue weighted by molar-refractivity contribution is -0.0294. The van der Waals surface area contributed by atoms with Gasteiger partial charge in [-0.2, -0.15) is 8.42 Å². The van der Waals surface area contributed by atoms with E-state index in [2.05, 4.69) is 11.1 Å². The van der Waals surface area contributed by atoms with E-state index >= 15 is 0 Å². The van der Waals surface area contributed by atoms with Crippen LogP contribution in [0, 0.1) is 0 Å². The van der Waals surface area contributed by atoms with E-state index in [9.17, 15) is 13.5 Å². The summed E-state index contributed by atoms with van der Waals surface area (Å²) in [5.74, 6) is 0. The van der Waals surface area contributed by atoms with Crippen LogP contribution in [0.4, 0.5) is 0 Å². The van der Waals surface area contributed by atoms with Gasteiger partial charge in [0.15, 0.2) is 0 Å². The third-order valence-electron chi connectivity index (χ3n) is 4.41. The van der Waals surface area contributed by atoms with Crippen LogP contribution in [0.15, 0.2) is 0 Å². The van der Waals surface area contributed by atoms with Crippen LogP contribution in [0.2, 0.25) is 0 Å². The predicted octanol–water partition coefficient (Wildman–Crippen LogP) is 2.87. The van der Waals surface area contributed by atoms with Crippen molar-refractivity contribution >= 4 is 10.4 Å². The summed E-state index contributed by atoms with van der Waals surface area (Å²) in [7, 11) is -4.59. The van der Waals surface area contributed by atoms with Crippen LogP contribution in [-0.4, -0.2) is 56.2 Å². The zero-order chi connectivity index (χ0) is 18.5. The third-order valence-corrected chi connectivity index (χ3v) is 4.90. The Kier molecular flexibility index (Phi) is 11.9. The summed E-state index contributed by atoms with van der Waals surface area (Å²) in [6.07, 6.45) is 9.71. The zero-order valence-electron chi connectivity index (χ0n) is 15.3. The Hall–Kier alpha value is -0.250. The van der Waals surface area contributed by atoms with E-state index in [4.69, 9.17) is 14.0 Å². The molecule has 2 N–H and O–H groups in total. The van der Waals surface area contributed by atoms with Gasteiger partial charge in [0.1, 0.15) is 18.3 Å². The van der Waals surface area contributed by atoms with Gasteiger partial charge in [0.2, 0.25) is 0 Å². The number of aliphatic hydroxyl groups is 1. The molecule has 1 aliphatic rings. The minimum Gasteiger partial charge on any atom is -0.387 e. The van der Waals surface area contributed by atoms with Crippen LogP contribution >= 0.6 is 0 Å². The molecule has 7 nitrogen and oxygen atoms in total. The van der Waals surface area contributed by atoms with E-state index in [0.717, 1.165) is 12.8 Å². The lowest BCUT2D eigenvalue weighted by Gasteiger charge is -2.16. The maximum Gasteiger partial charge on any atom is 0.397 e. The van der Waals surface area contributed by atoms with Crippen molar-refractivity contribution in [2.45, 2.75) is 89.4 Å². The SMILES string of the molecule is CCCCCCCCCCCCOCC1OCC(OS(=O)(=O)O)C1O. The molecule has 0 spiro atoms. The summed E-state index contributed by atoms with van der Waals surface area (Å²) in [6.45, 7) is 2.91. The summed E-state index contributed by atoms with van der Waals surface area (Å²) in [5.41, 5.74) is 0. The Labute approximate surface area is 152 Å². The van der Waals surface area contributed by atoms with Crippen LogP contribution in [0.1, 0.15) is 71.1 Å². The molecule has 0 saturated carbocycles. The second-order valence-corrected chi connectivity index (χ2v) is 7.73. The summed E-state index contributed by atoms with van der Waals surface area (Å²) < 4.78 is 45.0. The molecule has 0 aromatic carbocycles. The molecule has 0 aliphatic carbocycles. The van der Waals surface area contributed by atoms with Crippen molar-refractivity contribution in [1.82, 2.24) is 0 Å². The van der Waals surface area contributed by atoms with Crippen molar-refractivity contribution in [2.24, 2.45) is 0 Å². The van der Waals surface area contributed by atoms with Crippen molar-refractivity contribution in [3.8, 4) is 0 Å². The van der Waals surface area contributed by atoms with Gasteiger partial charge in [-0.3, -0.25) is 4.55 Å². The van der Waals surface area contributed by atoms with Gasteiger partial charge in [-0.1, -0.05) is 64.7 Å². The van der Waals surface area contributed by atoms with Crippen molar-refractivity contribution in [3.05, 3.63) is 0 Å². The fourth-order valence-electron chi connectivity index (χ4n) is 2.93. The summed E-state index contributed by atoms with van der Waals surface area (Å²) in [4.78, 5) is 0. The average Bonchev–Trinajstić information content (AvgIpc) is 2.87. The van der Waals surface area contributed by atoms with Crippen molar-refractivity contribution in [2.75, 3.05) is 19.8 Å². The van der Waals surface area contributed by atoms with Gasteiger partial charge in [-0.25, -0.2) is 4.18 Å². The van der Waals surface area contributed by atoms with Crippen LogP contribution in [-0.2, 0) is 24.1 Å². The smallest absolute Gasteiger partial charge is 0.387 e. The van der Waals surface area contributed by atoms with Crippen LogP contribution in [0.25, 0.3) is 0 Å². The first kappa shape index (κ1) is 22.8. The number of unbranched alkanes of at least 4 members (excludes halogenated alkanes) is 9. The van der Waals surface area contributed by atoms with Gasteiger partial charge < -0.3 is 14.6 Å². The Morgan fingerprint density at radius 3 is 2.12 bits per heavy atom. The molecule has 1 saturated heterocycles. The van der Waals surface area contributed by atoms with E-state index in [1.165, 1.54) is 51.4 Å². The Morgan fingerprint density at radius 1 is 1.00 bits per heavy atom. The zero-order valence-corrected chi connectivity index (χ0v) is 16.1. The molecule has 3 unspecified atom stereocenters. The van der Waals surface area contributed by atoms with E-state index in [1.807, 2.05) is 0 Å². The molecule has 150 valence electrons. The molecule has 0 radical (unpaired) electrons. The number of aliphatic hydroxyl groups excluding tert-OH is 1. The fraction of sp³-hybridized carbons (Fsp3) is 1.00. The first-order valence-corrected chi connectivity index (χ1v) is 10.8. The Morgan fingerprint density at radius 2 is 1.56 bits per heavy atom. The highest BCUT2D eigenvalue weighted by Gasteiger charge is 2.39. The molecule has 1 aliphatic heterocycles.